The Balaban J connectivity index is 0.901. The van der Waals surface area contributed by atoms with Crippen LogP contribution in [0.15, 0.2) is 60.9 Å². The summed E-state index contributed by atoms with van der Waals surface area (Å²) in [5.41, 5.74) is 6.78. The van der Waals surface area contributed by atoms with Crippen molar-refractivity contribution in [1.29, 1.82) is 0 Å². The summed E-state index contributed by atoms with van der Waals surface area (Å²) < 4.78 is 0. The van der Waals surface area contributed by atoms with Crippen LogP contribution in [0, 0.1) is 23.7 Å². The molecule has 2 saturated heterocycles. The number of benzene rings is 2. The molecule has 4 heterocycles. The molecule has 4 aliphatic rings. The maximum absolute atomic E-state index is 4.96. The van der Waals surface area contributed by atoms with Gasteiger partial charge in [-0.3, -0.25) is 0 Å². The first-order valence-electron chi connectivity index (χ1n) is 15.5. The molecule has 2 aliphatic heterocycles. The number of H-pyrrole nitrogens is 2. The second-order valence-electron chi connectivity index (χ2n) is 13.0. The van der Waals surface area contributed by atoms with E-state index in [1.165, 1.54) is 62.5 Å². The first-order valence-corrected chi connectivity index (χ1v) is 15.5. The summed E-state index contributed by atoms with van der Waals surface area (Å²) in [5.74, 6) is 5.76. The number of nitrogens with zero attached hydrogens (tertiary/aromatic N) is 2. The van der Waals surface area contributed by atoms with Crippen LogP contribution in [0.1, 0.15) is 75.1 Å². The number of aromatic amines is 2. The van der Waals surface area contributed by atoms with Crippen LogP contribution in [0.5, 0.6) is 0 Å². The van der Waals surface area contributed by atoms with Crippen LogP contribution in [0.4, 0.5) is 0 Å². The minimum atomic E-state index is 0.361. The van der Waals surface area contributed by atoms with Gasteiger partial charge in [0.05, 0.1) is 23.5 Å². The average Bonchev–Trinajstić information content (AvgIpc) is 3.66. The second-order valence-corrected chi connectivity index (χ2v) is 13.0. The van der Waals surface area contributed by atoms with Crippen LogP contribution in [0.2, 0.25) is 0 Å². The summed E-state index contributed by atoms with van der Waals surface area (Å²) in [6, 6.07) is 18.3. The number of nitrogens with one attached hydrogen (secondary N) is 4. The van der Waals surface area contributed by atoms with Crippen LogP contribution in [0.3, 0.4) is 0 Å². The molecule has 4 fully saturated rings. The lowest BCUT2D eigenvalue weighted by molar-refractivity contribution is 0.483. The molecule has 4 N–H and O–H groups in total. The summed E-state index contributed by atoms with van der Waals surface area (Å²) >= 11 is 0. The minimum Gasteiger partial charge on any atom is -0.347 e. The highest BCUT2D eigenvalue weighted by Crippen LogP contribution is 2.41. The molecule has 40 heavy (non-hydrogen) atoms. The van der Waals surface area contributed by atoms with Gasteiger partial charge in [0.2, 0.25) is 0 Å². The molecule has 2 aromatic carbocycles. The Hall–Kier alpha value is -3.22. The first kappa shape index (κ1) is 24.6. The van der Waals surface area contributed by atoms with Crippen LogP contribution < -0.4 is 10.6 Å². The van der Waals surface area contributed by atoms with Gasteiger partial charge in [-0.05, 0) is 73.6 Å². The van der Waals surface area contributed by atoms with Crippen LogP contribution in [-0.2, 0) is 0 Å². The van der Waals surface area contributed by atoms with Crippen LogP contribution >= 0.6 is 0 Å². The molecule has 4 atom stereocenters. The Morgan fingerprint density at radius 3 is 1.32 bits per heavy atom. The van der Waals surface area contributed by atoms with E-state index in [9.17, 15) is 0 Å². The van der Waals surface area contributed by atoms with E-state index in [-0.39, 0.29) is 0 Å². The molecular formula is C34H40N6. The van der Waals surface area contributed by atoms with E-state index in [0.717, 1.165) is 70.9 Å². The molecule has 1 unspecified atom stereocenters. The number of hydrogen-bond acceptors (Lipinski definition) is 4. The van der Waals surface area contributed by atoms with Gasteiger partial charge in [-0.2, -0.15) is 0 Å². The molecule has 6 nitrogen and oxygen atoms in total. The fraction of sp³-hybridized carbons (Fsp3) is 0.471. The molecule has 206 valence electrons. The quantitative estimate of drug-likeness (QED) is 0.186. The largest absolute Gasteiger partial charge is 0.347 e. The lowest BCUT2D eigenvalue weighted by atomic mass is 9.99. The summed E-state index contributed by atoms with van der Waals surface area (Å²) in [6.07, 6.45) is 15.1. The van der Waals surface area contributed by atoms with E-state index in [1.54, 1.807) is 0 Å². The maximum Gasteiger partial charge on any atom is 0.124 e. The van der Waals surface area contributed by atoms with Crippen molar-refractivity contribution in [3.05, 3.63) is 72.6 Å². The smallest absolute Gasteiger partial charge is 0.124 e. The predicted octanol–water partition coefficient (Wildman–Crippen LogP) is 7.04. The first-order chi connectivity index (χ1) is 19.7. The van der Waals surface area contributed by atoms with Gasteiger partial charge < -0.3 is 20.6 Å². The van der Waals surface area contributed by atoms with E-state index < -0.39 is 0 Å². The third-order valence-electron chi connectivity index (χ3n) is 9.72. The lowest BCUT2D eigenvalue weighted by Gasteiger charge is -2.08. The minimum absolute atomic E-state index is 0.361. The summed E-state index contributed by atoms with van der Waals surface area (Å²) in [5, 5.41) is 7.38. The van der Waals surface area contributed by atoms with Crippen molar-refractivity contribution in [3.8, 4) is 33.6 Å². The zero-order chi connectivity index (χ0) is 26.5. The SMILES string of the molecule is c1cc(-c2c[nH]c([C@@H]3CC(CC4CC4)CN3)n2)ccc1-c1ccc(-c2c[nH]c([C@@H]3C[C@@H](CC4CC4)CN3)n2)cc1. The molecule has 4 aromatic rings. The van der Waals surface area contributed by atoms with Crippen molar-refractivity contribution in [2.45, 2.75) is 63.5 Å². The monoisotopic (exact) mass is 532 g/mol. The Labute approximate surface area is 236 Å². The van der Waals surface area contributed by atoms with Gasteiger partial charge in [0.1, 0.15) is 11.6 Å². The third-order valence-corrected chi connectivity index (χ3v) is 9.72. The van der Waals surface area contributed by atoms with Gasteiger partial charge in [0.25, 0.3) is 0 Å². The molecule has 0 bridgehead atoms. The molecule has 0 radical (unpaired) electrons. The number of hydrogen-bond donors (Lipinski definition) is 4. The second kappa shape index (κ2) is 10.3. The van der Waals surface area contributed by atoms with E-state index >= 15 is 0 Å². The van der Waals surface area contributed by atoms with Gasteiger partial charge in [0.15, 0.2) is 0 Å². The Kier molecular flexibility index (Phi) is 6.33. The molecule has 2 aromatic heterocycles. The highest BCUT2D eigenvalue weighted by molar-refractivity contribution is 5.71. The maximum atomic E-state index is 4.96. The third kappa shape index (κ3) is 5.27. The predicted molar refractivity (Wildman–Crippen MR) is 159 cm³/mol. The van der Waals surface area contributed by atoms with Crippen LogP contribution in [-0.4, -0.2) is 33.0 Å². The summed E-state index contributed by atoms with van der Waals surface area (Å²) in [6.45, 7) is 2.26. The molecule has 6 heteroatoms. The Bertz CT molecular complexity index is 1330. The fourth-order valence-corrected chi connectivity index (χ4v) is 7.04. The van der Waals surface area contributed by atoms with E-state index in [1.807, 2.05) is 0 Å². The zero-order valence-corrected chi connectivity index (χ0v) is 23.2. The van der Waals surface area contributed by atoms with E-state index in [2.05, 4.69) is 81.5 Å². The van der Waals surface area contributed by atoms with E-state index in [4.69, 9.17) is 9.97 Å². The van der Waals surface area contributed by atoms with Crippen molar-refractivity contribution in [2.75, 3.05) is 13.1 Å². The highest BCUT2D eigenvalue weighted by Gasteiger charge is 2.33. The fourth-order valence-electron chi connectivity index (χ4n) is 7.04. The Morgan fingerprint density at radius 2 is 0.925 bits per heavy atom. The van der Waals surface area contributed by atoms with Crippen molar-refractivity contribution >= 4 is 0 Å². The van der Waals surface area contributed by atoms with Crippen molar-refractivity contribution in [2.24, 2.45) is 23.7 Å². The topological polar surface area (TPSA) is 81.4 Å². The van der Waals surface area contributed by atoms with Gasteiger partial charge in [-0.1, -0.05) is 74.2 Å². The van der Waals surface area contributed by atoms with Crippen molar-refractivity contribution in [3.63, 3.8) is 0 Å². The molecule has 0 amide bonds. The average molecular weight is 533 g/mol. The van der Waals surface area contributed by atoms with Crippen molar-refractivity contribution in [1.82, 2.24) is 30.6 Å². The van der Waals surface area contributed by atoms with Gasteiger partial charge in [-0.15, -0.1) is 0 Å². The molecule has 2 aliphatic carbocycles. The van der Waals surface area contributed by atoms with Gasteiger partial charge in [-0.25, -0.2) is 9.97 Å². The van der Waals surface area contributed by atoms with E-state index in [0.29, 0.717) is 12.1 Å². The summed E-state index contributed by atoms with van der Waals surface area (Å²) in [4.78, 5) is 16.8. The van der Waals surface area contributed by atoms with Gasteiger partial charge >= 0.3 is 0 Å². The zero-order valence-electron chi connectivity index (χ0n) is 23.2. The highest BCUT2D eigenvalue weighted by atomic mass is 15.1. The van der Waals surface area contributed by atoms with Crippen molar-refractivity contribution < 1.29 is 0 Å². The molecule has 8 rings (SSSR count). The number of imidazole rings is 2. The Morgan fingerprint density at radius 1 is 0.525 bits per heavy atom. The normalized spacial score (nSPS) is 26.5. The number of aromatic nitrogens is 4. The standard InChI is InChI=1S/C34H40N6/c1-2-21(1)13-23-15-29(35-17-23)33-37-19-31(39-33)27-9-5-25(6-10-27)26-7-11-28(12-8-26)32-20-38-34(40-32)30-16-24(18-36-30)14-22-3-4-22/h5-12,19-24,29-30,35-36H,1-4,13-18H2,(H,37,39)(H,38,40)/t23-,24?,29+,30+/m1/s1. The van der Waals surface area contributed by atoms with Crippen LogP contribution in [0.25, 0.3) is 33.6 Å². The molecular weight excluding hydrogens is 492 g/mol. The lowest BCUT2D eigenvalue weighted by Crippen LogP contribution is -2.15. The molecule has 2 saturated carbocycles. The molecule has 0 spiro atoms. The van der Waals surface area contributed by atoms with Gasteiger partial charge in [0, 0.05) is 23.5 Å². The number of rotatable bonds is 9. The summed E-state index contributed by atoms with van der Waals surface area (Å²) in [7, 11) is 0.